The summed E-state index contributed by atoms with van der Waals surface area (Å²) in [6, 6.07) is 41.0. The van der Waals surface area contributed by atoms with Crippen LogP contribution in [0, 0.1) is 0 Å². The van der Waals surface area contributed by atoms with Gasteiger partial charge in [-0.15, -0.1) is 0 Å². The Morgan fingerprint density at radius 2 is 1.03 bits per heavy atom. The molecule has 1 heteroatoms. The summed E-state index contributed by atoms with van der Waals surface area (Å²) in [5, 5.41) is 7.38. The van der Waals surface area contributed by atoms with E-state index in [9.17, 15) is 0 Å². The number of benzene rings is 6. The second-order valence-corrected chi connectivity index (χ2v) is 8.22. The number of rotatable bonds is 4. The quantitative estimate of drug-likeness (QED) is 0.203. The zero-order valence-electron chi connectivity index (χ0n) is 18.2. The van der Waals surface area contributed by atoms with Gasteiger partial charge in [-0.25, -0.2) is 0 Å². The van der Waals surface area contributed by atoms with Crippen LogP contribution in [-0.2, 0) is 0 Å². The van der Waals surface area contributed by atoms with Crippen LogP contribution in [0.15, 0.2) is 128 Å². The minimum atomic E-state index is 0.795. The predicted molar refractivity (Wildman–Crippen MR) is 141 cm³/mol. The molecule has 0 fully saturated rings. The molecule has 0 saturated heterocycles. The summed E-state index contributed by atoms with van der Waals surface area (Å²) in [5.41, 5.74) is 4.98. The van der Waals surface area contributed by atoms with Crippen molar-refractivity contribution in [3.05, 3.63) is 128 Å². The molecule has 0 saturated carbocycles. The summed E-state index contributed by atoms with van der Waals surface area (Å²) in [4.78, 5) is 0. The van der Waals surface area contributed by atoms with Crippen LogP contribution >= 0.6 is 0 Å². The summed E-state index contributed by atoms with van der Waals surface area (Å²) in [6.07, 6.45) is 1.47. The highest BCUT2D eigenvalue weighted by atomic mass is 16.5. The third-order valence-corrected chi connectivity index (χ3v) is 6.31. The first-order chi connectivity index (χ1) is 16.3. The Kier molecular flexibility index (Phi) is 4.66. The van der Waals surface area contributed by atoms with Crippen LogP contribution in [0.3, 0.4) is 0 Å². The average molecular weight is 423 g/mol. The van der Waals surface area contributed by atoms with Crippen molar-refractivity contribution in [2.75, 3.05) is 0 Å². The molecule has 0 aromatic heterocycles. The van der Waals surface area contributed by atoms with Gasteiger partial charge in [0.1, 0.15) is 5.75 Å². The van der Waals surface area contributed by atoms with Crippen molar-refractivity contribution in [1.82, 2.24) is 0 Å². The van der Waals surface area contributed by atoms with E-state index in [1.165, 1.54) is 55.4 Å². The normalized spacial score (nSPS) is 11.2. The standard InChI is InChI=1S/C32H22O/c1-2-33-26-19-18-22-16-17-24(20-25(22)21-26)32-29-14-8-6-12-27(29)31(23-10-4-3-5-11-23)28-13-7-9-15-30(28)32/h2-21H,1H2. The molecule has 0 aliphatic rings. The Morgan fingerprint density at radius 3 is 1.64 bits per heavy atom. The lowest BCUT2D eigenvalue weighted by atomic mass is 9.85. The Bertz CT molecular complexity index is 1590. The van der Waals surface area contributed by atoms with Crippen LogP contribution in [0.4, 0.5) is 0 Å². The monoisotopic (exact) mass is 422 g/mol. The highest BCUT2D eigenvalue weighted by Crippen LogP contribution is 2.44. The van der Waals surface area contributed by atoms with E-state index >= 15 is 0 Å². The van der Waals surface area contributed by atoms with Gasteiger partial charge in [-0.1, -0.05) is 104 Å². The van der Waals surface area contributed by atoms with E-state index in [0.29, 0.717) is 0 Å². The maximum Gasteiger partial charge on any atom is 0.127 e. The molecule has 0 radical (unpaired) electrons. The summed E-state index contributed by atoms with van der Waals surface area (Å²) in [7, 11) is 0. The summed E-state index contributed by atoms with van der Waals surface area (Å²) >= 11 is 0. The van der Waals surface area contributed by atoms with Crippen LogP contribution in [0.2, 0.25) is 0 Å². The molecule has 33 heavy (non-hydrogen) atoms. The molecule has 0 N–H and O–H groups in total. The second kappa shape index (κ2) is 7.96. The first-order valence-corrected chi connectivity index (χ1v) is 11.1. The first kappa shape index (κ1) is 19.3. The third kappa shape index (κ3) is 3.26. The fourth-order valence-corrected chi connectivity index (χ4v) is 4.91. The maximum atomic E-state index is 5.53. The average Bonchev–Trinajstić information content (AvgIpc) is 2.87. The molecule has 0 spiro atoms. The minimum Gasteiger partial charge on any atom is -0.466 e. The van der Waals surface area contributed by atoms with Gasteiger partial charge in [-0.3, -0.25) is 0 Å². The van der Waals surface area contributed by atoms with E-state index < -0.39 is 0 Å². The molecule has 1 nitrogen and oxygen atoms in total. The van der Waals surface area contributed by atoms with Gasteiger partial charge in [0.25, 0.3) is 0 Å². The molecule has 6 aromatic rings. The van der Waals surface area contributed by atoms with Crippen molar-refractivity contribution in [3.63, 3.8) is 0 Å². The molecular formula is C32H22O. The van der Waals surface area contributed by atoms with Crippen LogP contribution in [0.5, 0.6) is 5.75 Å². The number of hydrogen-bond acceptors (Lipinski definition) is 1. The van der Waals surface area contributed by atoms with Crippen LogP contribution in [0.1, 0.15) is 0 Å². The fraction of sp³-hybridized carbons (Fsp3) is 0. The molecule has 0 aliphatic carbocycles. The van der Waals surface area contributed by atoms with Crippen molar-refractivity contribution in [2.24, 2.45) is 0 Å². The summed E-state index contributed by atoms with van der Waals surface area (Å²) in [5.74, 6) is 0.795. The molecule has 156 valence electrons. The zero-order valence-corrected chi connectivity index (χ0v) is 18.2. The number of fused-ring (bicyclic) bond motifs is 3. The summed E-state index contributed by atoms with van der Waals surface area (Å²) < 4.78 is 5.53. The lowest BCUT2D eigenvalue weighted by molar-refractivity contribution is 0.484. The van der Waals surface area contributed by atoms with Gasteiger partial charge >= 0.3 is 0 Å². The molecule has 0 heterocycles. The molecule has 6 rings (SSSR count). The zero-order chi connectivity index (χ0) is 22.2. The molecule has 0 unspecified atom stereocenters. The van der Waals surface area contributed by atoms with E-state index in [-0.39, 0.29) is 0 Å². The van der Waals surface area contributed by atoms with Crippen molar-refractivity contribution in [1.29, 1.82) is 0 Å². The first-order valence-electron chi connectivity index (χ1n) is 11.1. The lowest BCUT2D eigenvalue weighted by Gasteiger charge is -2.18. The molecule has 0 aliphatic heterocycles. The Balaban J connectivity index is 1.71. The third-order valence-electron chi connectivity index (χ3n) is 6.31. The van der Waals surface area contributed by atoms with Gasteiger partial charge < -0.3 is 4.74 Å². The van der Waals surface area contributed by atoms with Gasteiger partial charge in [-0.05, 0) is 72.8 Å². The largest absolute Gasteiger partial charge is 0.466 e. The van der Waals surface area contributed by atoms with Gasteiger partial charge in [0, 0.05) is 0 Å². The van der Waals surface area contributed by atoms with E-state index in [1.54, 1.807) is 0 Å². The topological polar surface area (TPSA) is 9.23 Å². The number of hydrogen-bond donors (Lipinski definition) is 0. The fourth-order valence-electron chi connectivity index (χ4n) is 4.91. The predicted octanol–water partition coefficient (Wildman–Crippen LogP) is 9.00. The van der Waals surface area contributed by atoms with E-state index in [2.05, 4.69) is 116 Å². The van der Waals surface area contributed by atoms with E-state index in [4.69, 9.17) is 4.74 Å². The van der Waals surface area contributed by atoms with Crippen LogP contribution in [0.25, 0.3) is 54.6 Å². The molecular weight excluding hydrogens is 400 g/mol. The highest BCUT2D eigenvalue weighted by molar-refractivity contribution is 6.21. The Hall–Kier alpha value is -4.36. The molecule has 0 atom stereocenters. The van der Waals surface area contributed by atoms with Gasteiger partial charge in [-0.2, -0.15) is 0 Å². The molecule has 6 aromatic carbocycles. The van der Waals surface area contributed by atoms with Gasteiger partial charge in [0.2, 0.25) is 0 Å². The van der Waals surface area contributed by atoms with Gasteiger partial charge in [0.05, 0.1) is 6.26 Å². The lowest BCUT2D eigenvalue weighted by Crippen LogP contribution is -1.91. The van der Waals surface area contributed by atoms with Crippen molar-refractivity contribution >= 4 is 32.3 Å². The molecule has 0 amide bonds. The smallest absolute Gasteiger partial charge is 0.127 e. The van der Waals surface area contributed by atoms with Crippen molar-refractivity contribution in [3.8, 4) is 28.0 Å². The van der Waals surface area contributed by atoms with Crippen molar-refractivity contribution in [2.45, 2.75) is 0 Å². The van der Waals surface area contributed by atoms with Crippen molar-refractivity contribution < 1.29 is 4.74 Å². The maximum absolute atomic E-state index is 5.53. The number of ether oxygens (including phenoxy) is 1. The minimum absolute atomic E-state index is 0.795. The SMILES string of the molecule is C=COc1ccc2ccc(-c3c4ccccc4c(-c4ccccc4)c4ccccc34)cc2c1. The van der Waals surface area contributed by atoms with Crippen LogP contribution in [-0.4, -0.2) is 0 Å². The Morgan fingerprint density at radius 1 is 0.485 bits per heavy atom. The van der Waals surface area contributed by atoms with E-state index in [1.807, 2.05) is 6.07 Å². The van der Waals surface area contributed by atoms with E-state index in [0.717, 1.165) is 11.1 Å². The highest BCUT2D eigenvalue weighted by Gasteiger charge is 2.16. The second-order valence-electron chi connectivity index (χ2n) is 8.22. The Labute approximate surface area is 193 Å². The summed E-state index contributed by atoms with van der Waals surface area (Å²) in [6.45, 7) is 3.68. The van der Waals surface area contributed by atoms with Crippen LogP contribution < -0.4 is 4.74 Å². The molecule has 0 bridgehead atoms. The van der Waals surface area contributed by atoms with Gasteiger partial charge in [0.15, 0.2) is 0 Å².